The third kappa shape index (κ3) is 3.46. The minimum Gasteiger partial charge on any atom is -0.354 e. The minimum absolute atomic E-state index is 0.0857. The molecule has 0 aliphatic carbocycles. The van der Waals surface area contributed by atoms with Gasteiger partial charge in [-0.1, -0.05) is 30.3 Å². The first-order chi connectivity index (χ1) is 10.7. The summed E-state index contributed by atoms with van der Waals surface area (Å²) < 4.78 is 0. The smallest absolute Gasteiger partial charge is 0.128 e. The van der Waals surface area contributed by atoms with Gasteiger partial charge in [0.15, 0.2) is 0 Å². The van der Waals surface area contributed by atoms with Crippen molar-refractivity contribution in [3.8, 4) is 0 Å². The summed E-state index contributed by atoms with van der Waals surface area (Å²) in [6, 6.07) is 14.6. The number of aryl methyl sites for hydroxylation is 1. The van der Waals surface area contributed by atoms with Gasteiger partial charge in [-0.3, -0.25) is 4.90 Å². The highest BCUT2D eigenvalue weighted by atomic mass is 15.3. The number of piperazine rings is 1. The van der Waals surface area contributed by atoms with Crippen molar-refractivity contribution in [1.29, 1.82) is 0 Å². The molecule has 1 saturated heterocycles. The van der Waals surface area contributed by atoms with Gasteiger partial charge < -0.3 is 10.6 Å². The van der Waals surface area contributed by atoms with Crippen LogP contribution in [0.15, 0.2) is 48.7 Å². The topological polar surface area (TPSA) is 45.4 Å². The molecular weight excluding hydrogens is 272 g/mol. The van der Waals surface area contributed by atoms with Gasteiger partial charge in [0.05, 0.1) is 0 Å². The number of pyridine rings is 1. The largest absolute Gasteiger partial charge is 0.354 e. The minimum atomic E-state index is 0.0857. The maximum atomic E-state index is 6.40. The van der Waals surface area contributed by atoms with Crippen LogP contribution in [0.4, 0.5) is 5.82 Å². The molecule has 2 aromatic rings. The van der Waals surface area contributed by atoms with E-state index in [1.54, 1.807) is 0 Å². The summed E-state index contributed by atoms with van der Waals surface area (Å²) in [4.78, 5) is 9.23. The fourth-order valence-electron chi connectivity index (χ4n) is 3.08. The second kappa shape index (κ2) is 6.90. The molecule has 1 aromatic heterocycles. The molecule has 1 aliphatic rings. The molecule has 22 heavy (non-hydrogen) atoms. The molecule has 4 heteroatoms. The predicted octanol–water partition coefficient (Wildman–Crippen LogP) is 2.21. The third-order valence-electron chi connectivity index (χ3n) is 4.39. The summed E-state index contributed by atoms with van der Waals surface area (Å²) in [7, 11) is 0. The molecule has 0 radical (unpaired) electrons. The van der Waals surface area contributed by atoms with Crippen LogP contribution in [0.3, 0.4) is 0 Å². The van der Waals surface area contributed by atoms with E-state index in [1.165, 1.54) is 11.1 Å². The molecule has 1 aromatic carbocycles. The number of rotatable bonds is 4. The molecule has 1 fully saturated rings. The van der Waals surface area contributed by atoms with E-state index in [-0.39, 0.29) is 6.04 Å². The summed E-state index contributed by atoms with van der Waals surface area (Å²) in [6.45, 7) is 7.15. The highest BCUT2D eigenvalue weighted by Crippen LogP contribution is 2.18. The summed E-state index contributed by atoms with van der Waals surface area (Å²) in [5, 5.41) is 0. The molecular formula is C18H24N4. The Morgan fingerprint density at radius 2 is 1.77 bits per heavy atom. The van der Waals surface area contributed by atoms with Crippen LogP contribution in [0.2, 0.25) is 0 Å². The first kappa shape index (κ1) is 15.0. The maximum Gasteiger partial charge on any atom is 0.128 e. The molecule has 3 rings (SSSR count). The van der Waals surface area contributed by atoms with Crippen molar-refractivity contribution in [2.45, 2.75) is 13.0 Å². The fourth-order valence-corrected chi connectivity index (χ4v) is 3.08. The SMILES string of the molecule is Cc1ccccc1C(N)CN1CCN(c2ccccn2)CC1. The number of nitrogens with two attached hydrogens (primary N) is 1. The van der Waals surface area contributed by atoms with Gasteiger partial charge in [0.2, 0.25) is 0 Å². The maximum absolute atomic E-state index is 6.40. The summed E-state index contributed by atoms with van der Waals surface area (Å²) in [5.41, 5.74) is 8.94. The number of nitrogens with zero attached hydrogens (tertiary/aromatic N) is 3. The van der Waals surface area contributed by atoms with E-state index in [0.29, 0.717) is 0 Å². The van der Waals surface area contributed by atoms with Gasteiger partial charge in [-0.05, 0) is 30.2 Å². The van der Waals surface area contributed by atoms with E-state index >= 15 is 0 Å². The van der Waals surface area contributed by atoms with Crippen LogP contribution < -0.4 is 10.6 Å². The first-order valence-electron chi connectivity index (χ1n) is 7.93. The monoisotopic (exact) mass is 296 g/mol. The van der Waals surface area contributed by atoms with Gasteiger partial charge >= 0.3 is 0 Å². The lowest BCUT2D eigenvalue weighted by Gasteiger charge is -2.36. The lowest BCUT2D eigenvalue weighted by molar-refractivity contribution is 0.242. The highest BCUT2D eigenvalue weighted by molar-refractivity contribution is 5.38. The van der Waals surface area contributed by atoms with Gasteiger partial charge in [0.1, 0.15) is 5.82 Å². The number of hydrogen-bond acceptors (Lipinski definition) is 4. The second-order valence-electron chi connectivity index (χ2n) is 5.94. The molecule has 4 nitrogen and oxygen atoms in total. The molecule has 2 N–H and O–H groups in total. The average Bonchev–Trinajstić information content (AvgIpc) is 2.57. The zero-order valence-corrected chi connectivity index (χ0v) is 13.2. The number of benzene rings is 1. The van der Waals surface area contributed by atoms with Crippen molar-refractivity contribution in [1.82, 2.24) is 9.88 Å². The summed E-state index contributed by atoms with van der Waals surface area (Å²) >= 11 is 0. The molecule has 1 atom stereocenters. The average molecular weight is 296 g/mol. The number of anilines is 1. The van der Waals surface area contributed by atoms with Crippen molar-refractivity contribution in [3.05, 3.63) is 59.8 Å². The second-order valence-corrected chi connectivity index (χ2v) is 5.94. The Hall–Kier alpha value is -1.91. The van der Waals surface area contributed by atoms with E-state index < -0.39 is 0 Å². The van der Waals surface area contributed by atoms with E-state index in [0.717, 1.165) is 38.5 Å². The van der Waals surface area contributed by atoms with Crippen molar-refractivity contribution in [3.63, 3.8) is 0 Å². The Balaban J connectivity index is 1.55. The van der Waals surface area contributed by atoms with E-state index in [2.05, 4.69) is 52.0 Å². The van der Waals surface area contributed by atoms with Crippen LogP contribution in [0.1, 0.15) is 17.2 Å². The Morgan fingerprint density at radius 3 is 2.45 bits per heavy atom. The molecule has 0 amide bonds. The highest BCUT2D eigenvalue weighted by Gasteiger charge is 2.20. The van der Waals surface area contributed by atoms with Crippen LogP contribution in [0.5, 0.6) is 0 Å². The van der Waals surface area contributed by atoms with Crippen LogP contribution in [0.25, 0.3) is 0 Å². The Labute approximate surface area is 132 Å². The quantitative estimate of drug-likeness (QED) is 0.939. The zero-order valence-electron chi connectivity index (χ0n) is 13.2. The fraction of sp³-hybridized carbons (Fsp3) is 0.389. The third-order valence-corrected chi connectivity index (χ3v) is 4.39. The van der Waals surface area contributed by atoms with Gasteiger partial charge in [-0.25, -0.2) is 4.98 Å². The number of hydrogen-bond donors (Lipinski definition) is 1. The van der Waals surface area contributed by atoms with Crippen molar-refractivity contribution in [2.24, 2.45) is 5.73 Å². The van der Waals surface area contributed by atoms with Crippen molar-refractivity contribution < 1.29 is 0 Å². The van der Waals surface area contributed by atoms with E-state index in [4.69, 9.17) is 5.73 Å². The van der Waals surface area contributed by atoms with Crippen molar-refractivity contribution >= 4 is 5.82 Å². The molecule has 1 aliphatic heterocycles. The predicted molar refractivity (Wildman–Crippen MR) is 91.0 cm³/mol. The van der Waals surface area contributed by atoms with Gasteiger partial charge in [0.25, 0.3) is 0 Å². The lowest BCUT2D eigenvalue weighted by Crippen LogP contribution is -2.48. The van der Waals surface area contributed by atoms with Gasteiger partial charge in [-0.2, -0.15) is 0 Å². The van der Waals surface area contributed by atoms with Gasteiger partial charge in [-0.15, -0.1) is 0 Å². The molecule has 116 valence electrons. The zero-order chi connectivity index (χ0) is 15.4. The van der Waals surface area contributed by atoms with Crippen LogP contribution >= 0.6 is 0 Å². The number of aromatic nitrogens is 1. The summed E-state index contributed by atoms with van der Waals surface area (Å²) in [5.74, 6) is 1.07. The van der Waals surface area contributed by atoms with Crippen molar-refractivity contribution in [2.75, 3.05) is 37.6 Å². The van der Waals surface area contributed by atoms with E-state index in [1.807, 2.05) is 18.3 Å². The normalized spacial score (nSPS) is 17.5. The Bertz CT molecular complexity index is 591. The summed E-state index contributed by atoms with van der Waals surface area (Å²) in [6.07, 6.45) is 1.86. The lowest BCUT2D eigenvalue weighted by atomic mass is 10.0. The standard InChI is InChI=1S/C18H24N4/c1-15-6-2-3-7-16(15)17(19)14-21-10-12-22(13-11-21)18-8-4-5-9-20-18/h2-9,17H,10-14,19H2,1H3. The Morgan fingerprint density at radius 1 is 1.05 bits per heavy atom. The van der Waals surface area contributed by atoms with Gasteiger partial charge in [0, 0.05) is 45.0 Å². The molecule has 2 heterocycles. The molecule has 0 bridgehead atoms. The molecule has 1 unspecified atom stereocenters. The first-order valence-corrected chi connectivity index (χ1v) is 7.93. The van der Waals surface area contributed by atoms with Crippen LogP contribution in [0, 0.1) is 6.92 Å². The van der Waals surface area contributed by atoms with E-state index in [9.17, 15) is 0 Å². The molecule has 0 saturated carbocycles. The van der Waals surface area contributed by atoms with Crippen LogP contribution in [-0.2, 0) is 0 Å². The van der Waals surface area contributed by atoms with Crippen LogP contribution in [-0.4, -0.2) is 42.6 Å². The molecule has 0 spiro atoms. The Kier molecular flexibility index (Phi) is 4.71.